The molecule has 45 heavy (non-hydrogen) atoms. The van der Waals surface area contributed by atoms with E-state index < -0.39 is 36.4 Å². The molecule has 3 heterocycles. The van der Waals surface area contributed by atoms with Crippen molar-refractivity contribution in [2.75, 3.05) is 65.5 Å². The Morgan fingerprint density at radius 2 is 1.67 bits per heavy atom. The molecule has 1 aromatic carbocycles. The molecule has 4 N–H and O–H groups in total. The minimum Gasteiger partial charge on any atom is -0.493 e. The summed E-state index contributed by atoms with van der Waals surface area (Å²) in [5, 5.41) is 33.8. The van der Waals surface area contributed by atoms with Gasteiger partial charge in [-0.1, -0.05) is 6.07 Å². The largest absolute Gasteiger partial charge is 0.493 e. The highest BCUT2D eigenvalue weighted by atomic mass is 16.5. The predicted octanol–water partition coefficient (Wildman–Crippen LogP) is 1.18. The molecule has 0 radical (unpaired) electrons. The number of ether oxygens (including phenoxy) is 3. The summed E-state index contributed by atoms with van der Waals surface area (Å²) in [5.41, 5.74) is -0.529. The molecule has 2 fully saturated rings. The molecular weight excluding hydrogens is 590 g/mol. The minimum atomic E-state index is -2.74. The van der Waals surface area contributed by atoms with Gasteiger partial charge in [0.1, 0.15) is 0 Å². The van der Waals surface area contributed by atoms with Crippen molar-refractivity contribution in [2.24, 2.45) is 0 Å². The molecule has 0 amide bonds. The van der Waals surface area contributed by atoms with Crippen LogP contribution in [0.4, 0.5) is 5.95 Å². The van der Waals surface area contributed by atoms with E-state index in [1.54, 1.807) is 14.2 Å². The van der Waals surface area contributed by atoms with Crippen molar-refractivity contribution in [3.8, 4) is 11.5 Å². The van der Waals surface area contributed by atoms with Crippen molar-refractivity contribution < 1.29 is 49.0 Å². The standard InChI is InChI=1S/C24H35N5O3.C6H8O7/c1-27-10-12-29(13-11-27)24-25-9-8-20(26-24)17-28(18-21-5-4-14-32-21)16-19-6-7-22(30-2)23(15-19)31-3;7-3(8)1-6(13,5(11)12)2-4(9)10/h6-9,15,21H,4-5,10-14,16-18H2,1-3H3;13H,1-2H2,(H,7,8)(H,9,10)(H,11,12). The Morgan fingerprint density at radius 1 is 1.00 bits per heavy atom. The Balaban J connectivity index is 0.000000360. The van der Waals surface area contributed by atoms with Crippen LogP contribution in [0.25, 0.3) is 0 Å². The molecule has 0 saturated carbocycles. The molecule has 0 bridgehead atoms. The SMILES string of the molecule is COc1ccc(CN(Cc2ccnc(N3CCN(C)CC3)n2)CC2CCCO2)cc1OC.O=C(O)CC(O)(CC(=O)O)C(=O)O. The molecular formula is C30H43N5O10. The number of carboxylic acids is 3. The number of methoxy groups -OCH3 is 2. The van der Waals surface area contributed by atoms with Crippen molar-refractivity contribution in [2.45, 2.75) is 50.5 Å². The number of carboxylic acid groups (broad SMARTS) is 3. The Morgan fingerprint density at radius 3 is 2.22 bits per heavy atom. The molecule has 1 unspecified atom stereocenters. The van der Waals surface area contributed by atoms with Crippen LogP contribution >= 0.6 is 0 Å². The van der Waals surface area contributed by atoms with E-state index in [2.05, 4.69) is 38.9 Å². The van der Waals surface area contributed by atoms with Crippen molar-refractivity contribution in [1.82, 2.24) is 19.8 Å². The van der Waals surface area contributed by atoms with Crippen LogP contribution in [0.5, 0.6) is 11.5 Å². The predicted molar refractivity (Wildman–Crippen MR) is 161 cm³/mol. The lowest BCUT2D eigenvalue weighted by molar-refractivity contribution is -0.170. The smallest absolute Gasteiger partial charge is 0.336 e. The van der Waals surface area contributed by atoms with E-state index in [1.165, 1.54) is 5.56 Å². The van der Waals surface area contributed by atoms with Gasteiger partial charge in [0, 0.05) is 58.6 Å². The van der Waals surface area contributed by atoms with Gasteiger partial charge in [-0.3, -0.25) is 14.5 Å². The number of aromatic nitrogens is 2. The van der Waals surface area contributed by atoms with Crippen LogP contribution in [0.15, 0.2) is 30.5 Å². The summed E-state index contributed by atoms with van der Waals surface area (Å²) in [6, 6.07) is 8.14. The molecule has 2 saturated heterocycles. The number of anilines is 1. The first-order valence-electron chi connectivity index (χ1n) is 14.6. The third-order valence-corrected chi connectivity index (χ3v) is 7.50. The zero-order chi connectivity index (χ0) is 33.0. The van der Waals surface area contributed by atoms with Crippen LogP contribution in [-0.4, -0.2) is 130 Å². The first-order valence-corrected chi connectivity index (χ1v) is 14.6. The average molecular weight is 634 g/mol. The first kappa shape index (κ1) is 35.4. The van der Waals surface area contributed by atoms with Crippen LogP contribution in [0.1, 0.15) is 36.9 Å². The van der Waals surface area contributed by atoms with Gasteiger partial charge in [0.05, 0.1) is 38.9 Å². The molecule has 248 valence electrons. The molecule has 0 spiro atoms. The zero-order valence-electron chi connectivity index (χ0n) is 25.9. The van der Waals surface area contributed by atoms with Crippen molar-refractivity contribution in [3.05, 3.63) is 41.7 Å². The van der Waals surface area contributed by atoms with Gasteiger partial charge in [-0.05, 0) is 43.7 Å². The number of aliphatic carboxylic acids is 3. The van der Waals surface area contributed by atoms with Crippen molar-refractivity contribution in [3.63, 3.8) is 0 Å². The molecule has 2 aromatic rings. The van der Waals surface area contributed by atoms with Crippen LogP contribution in [0.3, 0.4) is 0 Å². The molecule has 0 aliphatic carbocycles. The molecule has 15 heteroatoms. The number of aliphatic hydroxyl groups is 1. The lowest BCUT2D eigenvalue weighted by atomic mass is 9.96. The van der Waals surface area contributed by atoms with Crippen LogP contribution in [-0.2, 0) is 32.2 Å². The molecule has 2 aliphatic rings. The van der Waals surface area contributed by atoms with Gasteiger partial charge in [0.2, 0.25) is 5.95 Å². The van der Waals surface area contributed by atoms with Gasteiger partial charge >= 0.3 is 17.9 Å². The monoisotopic (exact) mass is 633 g/mol. The van der Waals surface area contributed by atoms with Gasteiger partial charge in [0.25, 0.3) is 0 Å². The summed E-state index contributed by atoms with van der Waals surface area (Å²) in [6.07, 6.45) is 2.11. The second kappa shape index (κ2) is 16.9. The normalized spacial score (nSPS) is 17.0. The molecule has 15 nitrogen and oxygen atoms in total. The molecule has 1 aromatic heterocycles. The Labute approximate surface area is 262 Å². The van der Waals surface area contributed by atoms with E-state index in [9.17, 15) is 14.4 Å². The summed E-state index contributed by atoms with van der Waals surface area (Å²) in [5.74, 6) is -2.69. The van der Waals surface area contributed by atoms with Crippen molar-refractivity contribution in [1.29, 1.82) is 0 Å². The maximum atomic E-state index is 10.3. The van der Waals surface area contributed by atoms with E-state index >= 15 is 0 Å². The number of nitrogens with zero attached hydrogens (tertiary/aromatic N) is 5. The highest BCUT2D eigenvalue weighted by molar-refractivity contribution is 5.88. The summed E-state index contributed by atoms with van der Waals surface area (Å²) in [7, 11) is 5.49. The zero-order valence-corrected chi connectivity index (χ0v) is 25.9. The summed E-state index contributed by atoms with van der Waals surface area (Å²) in [6.45, 7) is 7.27. The van der Waals surface area contributed by atoms with Gasteiger partial charge in [-0.2, -0.15) is 0 Å². The van der Waals surface area contributed by atoms with Crippen LogP contribution < -0.4 is 14.4 Å². The van der Waals surface area contributed by atoms with E-state index in [0.717, 1.165) is 88.4 Å². The number of piperazine rings is 1. The minimum absolute atomic E-state index is 0.272. The van der Waals surface area contributed by atoms with E-state index in [-0.39, 0.29) is 6.10 Å². The topological polar surface area (TPSA) is 195 Å². The fourth-order valence-corrected chi connectivity index (χ4v) is 5.07. The Hall–Kier alpha value is -4.05. The summed E-state index contributed by atoms with van der Waals surface area (Å²) < 4.78 is 16.8. The lowest BCUT2D eigenvalue weighted by Crippen LogP contribution is -2.45. The first-order chi connectivity index (χ1) is 21.4. The highest BCUT2D eigenvalue weighted by Crippen LogP contribution is 2.28. The Bertz CT molecular complexity index is 1270. The van der Waals surface area contributed by atoms with E-state index in [4.69, 9.17) is 39.6 Å². The van der Waals surface area contributed by atoms with Crippen molar-refractivity contribution >= 4 is 23.9 Å². The number of hydrogen-bond acceptors (Lipinski definition) is 12. The fraction of sp³-hybridized carbons (Fsp3) is 0.567. The second-order valence-corrected chi connectivity index (χ2v) is 11.1. The Kier molecular flexibility index (Phi) is 13.3. The number of likely N-dealkylation sites (N-methyl/N-ethyl adjacent to an activating group) is 1. The third kappa shape index (κ3) is 11.1. The number of carbonyl (C=O) groups is 3. The van der Waals surface area contributed by atoms with Gasteiger partial charge in [-0.25, -0.2) is 14.8 Å². The van der Waals surface area contributed by atoms with Crippen LogP contribution in [0.2, 0.25) is 0 Å². The lowest BCUT2D eigenvalue weighted by Gasteiger charge is -2.32. The molecule has 4 rings (SSSR count). The van der Waals surface area contributed by atoms with Gasteiger partial charge in [0.15, 0.2) is 17.1 Å². The number of benzene rings is 1. The fourth-order valence-electron chi connectivity index (χ4n) is 5.07. The van der Waals surface area contributed by atoms with E-state index in [1.807, 2.05) is 18.3 Å². The second-order valence-electron chi connectivity index (χ2n) is 11.1. The number of rotatable bonds is 14. The quantitative estimate of drug-likeness (QED) is 0.231. The third-order valence-electron chi connectivity index (χ3n) is 7.50. The van der Waals surface area contributed by atoms with E-state index in [0.29, 0.717) is 0 Å². The summed E-state index contributed by atoms with van der Waals surface area (Å²) >= 11 is 0. The van der Waals surface area contributed by atoms with Crippen LogP contribution in [0, 0.1) is 0 Å². The maximum absolute atomic E-state index is 10.3. The maximum Gasteiger partial charge on any atom is 0.336 e. The molecule has 2 aliphatic heterocycles. The molecule has 1 atom stereocenters. The van der Waals surface area contributed by atoms with Gasteiger partial charge < -0.3 is 44.4 Å². The van der Waals surface area contributed by atoms with Gasteiger partial charge in [-0.15, -0.1) is 0 Å². The average Bonchev–Trinajstić information content (AvgIpc) is 3.50. The number of hydrogen-bond donors (Lipinski definition) is 4. The highest BCUT2D eigenvalue weighted by Gasteiger charge is 2.40. The summed E-state index contributed by atoms with van der Waals surface area (Å²) in [4.78, 5) is 47.0.